The van der Waals surface area contributed by atoms with Gasteiger partial charge in [-0.05, 0) is 36.3 Å². The molecule has 6 heteroatoms. The standard InChI is InChI=1S/C13H16N2O2S2/c14-8-7-11-3-5-13(6-4-11)19(16,17)15-12-2-1-9-18-10-12/h3-6,12,15H,1-2,7,9-10H2. The molecule has 0 radical (unpaired) electrons. The van der Waals surface area contributed by atoms with E-state index in [4.69, 9.17) is 5.26 Å². The van der Waals surface area contributed by atoms with Crippen LogP contribution in [0.4, 0.5) is 0 Å². The number of benzene rings is 1. The smallest absolute Gasteiger partial charge is 0.207 e. The summed E-state index contributed by atoms with van der Waals surface area (Å²) in [5.41, 5.74) is 0.828. The van der Waals surface area contributed by atoms with Crippen molar-refractivity contribution in [3.05, 3.63) is 29.8 Å². The first-order chi connectivity index (χ1) is 9.12. The van der Waals surface area contributed by atoms with Gasteiger partial charge in [-0.15, -0.1) is 0 Å². The molecule has 1 aromatic carbocycles. The van der Waals surface area contributed by atoms with Gasteiger partial charge in [-0.1, -0.05) is 12.1 Å². The zero-order chi connectivity index (χ0) is 13.7. The topological polar surface area (TPSA) is 70.0 Å². The van der Waals surface area contributed by atoms with Gasteiger partial charge in [0.25, 0.3) is 0 Å². The molecule has 1 aliphatic heterocycles. The van der Waals surface area contributed by atoms with Crippen molar-refractivity contribution in [1.82, 2.24) is 4.72 Å². The number of sulfonamides is 1. The summed E-state index contributed by atoms with van der Waals surface area (Å²) in [6.07, 6.45) is 2.25. The Morgan fingerprint density at radius 3 is 2.68 bits per heavy atom. The first-order valence-corrected chi connectivity index (χ1v) is 8.81. The van der Waals surface area contributed by atoms with E-state index in [9.17, 15) is 8.42 Å². The predicted molar refractivity (Wildman–Crippen MR) is 76.4 cm³/mol. The Morgan fingerprint density at radius 2 is 2.11 bits per heavy atom. The highest BCUT2D eigenvalue weighted by Crippen LogP contribution is 2.19. The Bertz CT molecular complexity index is 555. The molecule has 1 unspecified atom stereocenters. The molecule has 0 amide bonds. The van der Waals surface area contributed by atoms with Gasteiger partial charge in [0, 0.05) is 11.8 Å². The second-order valence-corrected chi connectivity index (χ2v) is 7.38. The molecule has 2 rings (SSSR count). The third kappa shape index (κ3) is 3.96. The lowest BCUT2D eigenvalue weighted by Crippen LogP contribution is -2.38. The van der Waals surface area contributed by atoms with E-state index in [0.29, 0.717) is 6.42 Å². The van der Waals surface area contributed by atoms with Gasteiger partial charge in [0.05, 0.1) is 17.4 Å². The first-order valence-electron chi connectivity index (χ1n) is 6.18. The maximum atomic E-state index is 12.2. The molecular weight excluding hydrogens is 280 g/mol. The number of nitrogens with one attached hydrogen (secondary N) is 1. The summed E-state index contributed by atoms with van der Waals surface area (Å²) in [5, 5.41) is 8.58. The summed E-state index contributed by atoms with van der Waals surface area (Å²) < 4.78 is 27.1. The number of nitriles is 1. The van der Waals surface area contributed by atoms with Crippen LogP contribution in [0.25, 0.3) is 0 Å². The van der Waals surface area contributed by atoms with Crippen molar-refractivity contribution in [2.75, 3.05) is 11.5 Å². The lowest BCUT2D eigenvalue weighted by atomic mass is 10.2. The normalized spacial score (nSPS) is 19.8. The maximum Gasteiger partial charge on any atom is 0.240 e. The molecule has 1 N–H and O–H groups in total. The molecule has 0 bridgehead atoms. The van der Waals surface area contributed by atoms with Gasteiger partial charge in [-0.3, -0.25) is 0 Å². The van der Waals surface area contributed by atoms with Crippen LogP contribution in [0.1, 0.15) is 18.4 Å². The highest BCUT2D eigenvalue weighted by molar-refractivity contribution is 7.99. The van der Waals surface area contributed by atoms with E-state index >= 15 is 0 Å². The van der Waals surface area contributed by atoms with Gasteiger partial charge in [0.1, 0.15) is 0 Å². The number of hydrogen-bond acceptors (Lipinski definition) is 4. The minimum atomic E-state index is -3.44. The quantitative estimate of drug-likeness (QED) is 0.921. The average Bonchev–Trinajstić information content (AvgIpc) is 2.40. The monoisotopic (exact) mass is 296 g/mol. The van der Waals surface area contributed by atoms with Crippen LogP contribution in [0.3, 0.4) is 0 Å². The third-order valence-electron chi connectivity index (χ3n) is 3.00. The van der Waals surface area contributed by atoms with Crippen molar-refractivity contribution >= 4 is 21.8 Å². The first kappa shape index (κ1) is 14.4. The van der Waals surface area contributed by atoms with Crippen molar-refractivity contribution in [3.63, 3.8) is 0 Å². The second-order valence-electron chi connectivity index (χ2n) is 4.51. The van der Waals surface area contributed by atoms with Crippen LogP contribution in [0.15, 0.2) is 29.2 Å². The fourth-order valence-electron chi connectivity index (χ4n) is 2.00. The minimum Gasteiger partial charge on any atom is -0.207 e. The fourth-order valence-corrected chi connectivity index (χ4v) is 4.45. The van der Waals surface area contributed by atoms with Crippen LogP contribution in [-0.2, 0) is 16.4 Å². The summed E-state index contributed by atoms with van der Waals surface area (Å²) in [6, 6.07) is 8.57. The van der Waals surface area contributed by atoms with Crippen molar-refractivity contribution in [2.45, 2.75) is 30.2 Å². The van der Waals surface area contributed by atoms with Gasteiger partial charge in [0.15, 0.2) is 0 Å². The molecule has 102 valence electrons. The molecule has 4 nitrogen and oxygen atoms in total. The largest absolute Gasteiger partial charge is 0.240 e. The maximum absolute atomic E-state index is 12.2. The molecule has 0 saturated carbocycles. The van der Waals surface area contributed by atoms with E-state index in [1.54, 1.807) is 36.0 Å². The van der Waals surface area contributed by atoms with Crippen LogP contribution < -0.4 is 4.72 Å². The van der Waals surface area contributed by atoms with Crippen molar-refractivity contribution < 1.29 is 8.42 Å². The molecule has 19 heavy (non-hydrogen) atoms. The zero-order valence-corrected chi connectivity index (χ0v) is 12.1. The third-order valence-corrected chi connectivity index (χ3v) is 5.75. The van der Waals surface area contributed by atoms with E-state index < -0.39 is 10.0 Å². The number of nitrogens with zero attached hydrogens (tertiary/aromatic N) is 1. The Balaban J connectivity index is 2.08. The Hall–Kier alpha value is -1.03. The van der Waals surface area contributed by atoms with Crippen LogP contribution in [0.5, 0.6) is 0 Å². The van der Waals surface area contributed by atoms with Gasteiger partial charge < -0.3 is 0 Å². The molecule has 1 atom stereocenters. The highest BCUT2D eigenvalue weighted by atomic mass is 32.2. The van der Waals surface area contributed by atoms with Gasteiger partial charge in [0.2, 0.25) is 10.0 Å². The number of hydrogen-bond donors (Lipinski definition) is 1. The molecule has 1 aliphatic rings. The Kier molecular flexibility index (Phi) is 4.86. The molecule has 1 heterocycles. The second kappa shape index (κ2) is 6.42. The summed E-state index contributed by atoms with van der Waals surface area (Å²) in [4.78, 5) is 0.268. The average molecular weight is 296 g/mol. The van der Waals surface area contributed by atoms with Crippen molar-refractivity contribution in [2.24, 2.45) is 0 Å². The molecule has 0 aromatic heterocycles. The SMILES string of the molecule is N#CCc1ccc(S(=O)(=O)NC2CCCSC2)cc1. The van der Waals surface area contributed by atoms with Crippen LogP contribution in [0.2, 0.25) is 0 Å². The van der Waals surface area contributed by atoms with Crippen LogP contribution in [0, 0.1) is 11.3 Å². The number of thioether (sulfide) groups is 1. The predicted octanol–water partition coefficient (Wildman–Crippen LogP) is 1.93. The molecule has 1 fully saturated rings. The van der Waals surface area contributed by atoms with E-state index in [2.05, 4.69) is 4.72 Å². The summed E-state index contributed by atoms with van der Waals surface area (Å²) in [5.74, 6) is 1.95. The van der Waals surface area contributed by atoms with Gasteiger partial charge in [-0.25, -0.2) is 13.1 Å². The number of rotatable bonds is 4. The van der Waals surface area contributed by atoms with Crippen LogP contribution >= 0.6 is 11.8 Å². The highest BCUT2D eigenvalue weighted by Gasteiger charge is 2.21. The molecule has 1 aromatic rings. The summed E-state index contributed by atoms with van der Waals surface area (Å²) in [7, 11) is -3.44. The zero-order valence-electron chi connectivity index (χ0n) is 10.5. The summed E-state index contributed by atoms with van der Waals surface area (Å²) >= 11 is 1.78. The lowest BCUT2D eigenvalue weighted by Gasteiger charge is -2.22. The van der Waals surface area contributed by atoms with E-state index in [1.807, 2.05) is 6.07 Å². The molecule has 0 aliphatic carbocycles. The molecular formula is C13H16N2O2S2. The Morgan fingerprint density at radius 1 is 1.37 bits per heavy atom. The summed E-state index contributed by atoms with van der Waals surface area (Å²) in [6.45, 7) is 0. The Labute approximate surface area is 118 Å². The van der Waals surface area contributed by atoms with E-state index in [-0.39, 0.29) is 10.9 Å². The van der Waals surface area contributed by atoms with Crippen LogP contribution in [-0.4, -0.2) is 26.0 Å². The van der Waals surface area contributed by atoms with Gasteiger partial charge in [-0.2, -0.15) is 17.0 Å². The fraction of sp³-hybridized carbons (Fsp3) is 0.462. The minimum absolute atomic E-state index is 0.0301. The lowest BCUT2D eigenvalue weighted by molar-refractivity contribution is 0.543. The van der Waals surface area contributed by atoms with E-state index in [0.717, 1.165) is 29.9 Å². The van der Waals surface area contributed by atoms with Crippen molar-refractivity contribution in [1.29, 1.82) is 5.26 Å². The van der Waals surface area contributed by atoms with Crippen molar-refractivity contribution in [3.8, 4) is 6.07 Å². The molecule has 0 spiro atoms. The molecule has 1 saturated heterocycles. The van der Waals surface area contributed by atoms with E-state index in [1.165, 1.54) is 0 Å². The van der Waals surface area contributed by atoms with Gasteiger partial charge >= 0.3 is 0 Å².